The van der Waals surface area contributed by atoms with Crippen LogP contribution in [0.3, 0.4) is 0 Å². The van der Waals surface area contributed by atoms with E-state index in [1.165, 1.54) is 6.33 Å². The van der Waals surface area contributed by atoms with Gasteiger partial charge in [-0.15, -0.1) is 0 Å². The number of benzene rings is 1. The quantitative estimate of drug-likeness (QED) is 0.860. The van der Waals surface area contributed by atoms with Gasteiger partial charge in [0.25, 0.3) is 0 Å². The molecule has 25 heavy (non-hydrogen) atoms. The van der Waals surface area contributed by atoms with Crippen molar-refractivity contribution in [3.8, 4) is 5.75 Å². The molecular formula is C18H24N4O3. The highest BCUT2D eigenvalue weighted by Crippen LogP contribution is 2.35. The third kappa shape index (κ3) is 3.66. The summed E-state index contributed by atoms with van der Waals surface area (Å²) in [7, 11) is 1.61. The molecule has 7 nitrogen and oxygen atoms in total. The minimum atomic E-state index is -1.11. The lowest BCUT2D eigenvalue weighted by molar-refractivity contribution is -0.138. The van der Waals surface area contributed by atoms with Crippen LogP contribution < -0.4 is 4.74 Å². The first-order valence-corrected chi connectivity index (χ1v) is 8.51. The van der Waals surface area contributed by atoms with E-state index in [1.807, 2.05) is 24.3 Å². The summed E-state index contributed by atoms with van der Waals surface area (Å²) >= 11 is 0. The van der Waals surface area contributed by atoms with E-state index in [9.17, 15) is 9.90 Å². The number of rotatable bonds is 6. The summed E-state index contributed by atoms with van der Waals surface area (Å²) in [5.41, 5.74) is -0.319. The Morgan fingerprint density at radius 1 is 1.40 bits per heavy atom. The smallest absolute Gasteiger partial charge is 0.224 e. The van der Waals surface area contributed by atoms with Crippen molar-refractivity contribution in [1.82, 2.24) is 19.7 Å². The molecule has 0 saturated carbocycles. The fourth-order valence-electron chi connectivity index (χ4n) is 3.47. The van der Waals surface area contributed by atoms with Crippen molar-refractivity contribution in [3.05, 3.63) is 42.5 Å². The minimum Gasteiger partial charge on any atom is -0.497 e. The molecule has 7 heteroatoms. The van der Waals surface area contributed by atoms with Gasteiger partial charge < -0.3 is 14.7 Å². The molecule has 1 aliphatic rings. The van der Waals surface area contributed by atoms with Gasteiger partial charge in [0, 0.05) is 13.0 Å². The van der Waals surface area contributed by atoms with Crippen molar-refractivity contribution >= 4 is 5.91 Å². The number of likely N-dealkylation sites (tertiary alicyclic amines) is 1. The van der Waals surface area contributed by atoms with E-state index in [0.717, 1.165) is 24.2 Å². The summed E-state index contributed by atoms with van der Waals surface area (Å²) in [6, 6.07) is 7.14. The molecule has 0 bridgehead atoms. The first-order chi connectivity index (χ1) is 12.0. The van der Waals surface area contributed by atoms with Crippen LogP contribution in [0.15, 0.2) is 36.9 Å². The number of amides is 1. The number of nitrogens with zero attached hydrogens (tertiary/aromatic N) is 4. The molecule has 0 unspecified atom stereocenters. The van der Waals surface area contributed by atoms with Crippen molar-refractivity contribution in [1.29, 1.82) is 0 Å². The second-order valence-electron chi connectivity index (χ2n) is 6.53. The second kappa shape index (κ2) is 7.23. The Kier molecular flexibility index (Phi) is 5.03. The molecule has 0 aliphatic carbocycles. The second-order valence-corrected chi connectivity index (χ2v) is 6.53. The molecule has 1 aromatic carbocycles. The van der Waals surface area contributed by atoms with E-state index < -0.39 is 5.60 Å². The van der Waals surface area contributed by atoms with E-state index >= 15 is 0 Å². The molecule has 1 N–H and O–H groups in total. The minimum absolute atomic E-state index is 0.0341. The molecule has 1 amide bonds. The summed E-state index contributed by atoms with van der Waals surface area (Å²) in [5, 5.41) is 15.2. The Bertz CT molecular complexity index is 698. The van der Waals surface area contributed by atoms with Gasteiger partial charge in [-0.25, -0.2) is 4.98 Å². The van der Waals surface area contributed by atoms with Gasteiger partial charge in [-0.05, 0) is 37.5 Å². The molecule has 2 heterocycles. The van der Waals surface area contributed by atoms with Crippen molar-refractivity contribution < 1.29 is 14.6 Å². The summed E-state index contributed by atoms with van der Waals surface area (Å²) in [6.07, 6.45) is 5.08. The number of aromatic nitrogens is 3. The standard InChI is InChI=1S/C18H24N4O3/c1-18(24,14-5-7-15(25-2)8-6-14)16-4-3-10-22(16)17(23)9-11-21-13-19-12-20-21/h5-8,12-13,16,24H,3-4,9-11H2,1-2H3/t16-,18+/m0/s1. The van der Waals surface area contributed by atoms with Gasteiger partial charge in [0.1, 0.15) is 24.0 Å². The molecule has 1 fully saturated rings. The zero-order valence-corrected chi connectivity index (χ0v) is 14.6. The lowest BCUT2D eigenvalue weighted by Crippen LogP contribution is -2.48. The SMILES string of the molecule is COc1ccc([C@@](C)(O)[C@@H]2CCCN2C(=O)CCn2cncn2)cc1. The molecule has 1 aromatic heterocycles. The van der Waals surface area contributed by atoms with Crippen LogP contribution in [0, 0.1) is 0 Å². The predicted molar refractivity (Wildman–Crippen MR) is 91.9 cm³/mol. The summed E-state index contributed by atoms with van der Waals surface area (Å²) in [4.78, 5) is 18.4. The first-order valence-electron chi connectivity index (χ1n) is 8.51. The number of aryl methyl sites for hydroxylation is 1. The van der Waals surface area contributed by atoms with E-state index in [0.29, 0.717) is 19.5 Å². The van der Waals surface area contributed by atoms with Crippen molar-refractivity contribution in [2.24, 2.45) is 0 Å². The highest BCUT2D eigenvalue weighted by molar-refractivity contribution is 5.77. The topological polar surface area (TPSA) is 80.5 Å². The number of carbonyl (C=O) groups is 1. The van der Waals surface area contributed by atoms with Gasteiger partial charge in [0.15, 0.2) is 0 Å². The number of aliphatic hydroxyl groups is 1. The Labute approximate surface area is 147 Å². The monoisotopic (exact) mass is 344 g/mol. The number of carbonyl (C=O) groups excluding carboxylic acids is 1. The average Bonchev–Trinajstić information content (AvgIpc) is 3.31. The maximum absolute atomic E-state index is 12.7. The summed E-state index contributed by atoms with van der Waals surface area (Å²) < 4.78 is 6.82. The van der Waals surface area contributed by atoms with Crippen molar-refractivity contribution in [2.75, 3.05) is 13.7 Å². The third-order valence-electron chi connectivity index (χ3n) is 4.92. The van der Waals surface area contributed by atoms with Crippen LogP contribution in [-0.4, -0.2) is 50.4 Å². The van der Waals surface area contributed by atoms with Gasteiger partial charge in [-0.3, -0.25) is 9.48 Å². The van der Waals surface area contributed by atoms with Gasteiger partial charge in [0.2, 0.25) is 5.91 Å². The molecule has 1 saturated heterocycles. The number of ether oxygens (including phenoxy) is 1. The van der Waals surface area contributed by atoms with Crippen LogP contribution in [0.1, 0.15) is 31.7 Å². The molecular weight excluding hydrogens is 320 g/mol. The first kappa shape index (κ1) is 17.4. The third-order valence-corrected chi connectivity index (χ3v) is 4.92. The largest absolute Gasteiger partial charge is 0.497 e. The maximum atomic E-state index is 12.7. The lowest BCUT2D eigenvalue weighted by atomic mass is 9.86. The fourth-order valence-corrected chi connectivity index (χ4v) is 3.47. The van der Waals surface area contributed by atoms with Crippen molar-refractivity contribution in [3.63, 3.8) is 0 Å². The van der Waals surface area contributed by atoms with E-state index in [4.69, 9.17) is 4.74 Å². The van der Waals surface area contributed by atoms with Gasteiger partial charge in [-0.1, -0.05) is 12.1 Å². The normalized spacial score (nSPS) is 19.6. The van der Waals surface area contributed by atoms with Gasteiger partial charge in [0.05, 0.1) is 19.7 Å². The van der Waals surface area contributed by atoms with Crippen LogP contribution in [0.2, 0.25) is 0 Å². The predicted octanol–water partition coefficient (Wildman–Crippen LogP) is 1.58. The highest BCUT2D eigenvalue weighted by Gasteiger charge is 2.42. The number of hydrogen-bond acceptors (Lipinski definition) is 5. The van der Waals surface area contributed by atoms with Crippen LogP contribution >= 0.6 is 0 Å². The number of methoxy groups -OCH3 is 1. The number of hydrogen-bond donors (Lipinski definition) is 1. The van der Waals surface area contributed by atoms with Gasteiger partial charge >= 0.3 is 0 Å². The molecule has 2 atom stereocenters. The summed E-state index contributed by atoms with van der Waals surface area (Å²) in [6.45, 7) is 2.95. The van der Waals surface area contributed by atoms with E-state index in [2.05, 4.69) is 10.1 Å². The Morgan fingerprint density at radius 3 is 2.80 bits per heavy atom. The van der Waals surface area contributed by atoms with Crippen LogP contribution in [-0.2, 0) is 16.9 Å². The van der Waals surface area contributed by atoms with Crippen LogP contribution in [0.4, 0.5) is 0 Å². The molecule has 3 rings (SSSR count). The fraction of sp³-hybridized carbons (Fsp3) is 0.500. The Balaban J connectivity index is 1.71. The maximum Gasteiger partial charge on any atom is 0.224 e. The Hall–Kier alpha value is -2.41. The highest BCUT2D eigenvalue weighted by atomic mass is 16.5. The molecule has 2 aromatic rings. The lowest BCUT2D eigenvalue weighted by Gasteiger charge is -2.37. The molecule has 134 valence electrons. The van der Waals surface area contributed by atoms with E-state index in [-0.39, 0.29) is 11.9 Å². The zero-order valence-electron chi connectivity index (χ0n) is 14.6. The molecule has 1 aliphatic heterocycles. The van der Waals surface area contributed by atoms with Gasteiger partial charge in [-0.2, -0.15) is 5.10 Å². The van der Waals surface area contributed by atoms with Crippen molar-refractivity contribution in [2.45, 2.75) is 44.4 Å². The van der Waals surface area contributed by atoms with E-state index in [1.54, 1.807) is 29.9 Å². The Morgan fingerprint density at radius 2 is 2.16 bits per heavy atom. The molecule has 0 spiro atoms. The zero-order chi connectivity index (χ0) is 17.9. The van der Waals surface area contributed by atoms with Crippen LogP contribution in [0.25, 0.3) is 0 Å². The molecule has 0 radical (unpaired) electrons. The summed E-state index contributed by atoms with van der Waals surface area (Å²) in [5.74, 6) is 0.776. The van der Waals surface area contributed by atoms with Crippen LogP contribution in [0.5, 0.6) is 5.75 Å². The average molecular weight is 344 g/mol.